The number of hydrogen-bond acceptors (Lipinski definition) is 2. The number of aromatic amines is 1. The number of ether oxygens (including phenoxy) is 1. The van der Waals surface area contributed by atoms with Crippen molar-refractivity contribution < 1.29 is 17.9 Å². The van der Waals surface area contributed by atoms with Crippen LogP contribution in [-0.4, -0.2) is 11.6 Å². The van der Waals surface area contributed by atoms with Crippen molar-refractivity contribution in [3.63, 3.8) is 0 Å². The van der Waals surface area contributed by atoms with E-state index in [2.05, 4.69) is 4.98 Å². The lowest BCUT2D eigenvalue weighted by atomic mass is 10.0. The van der Waals surface area contributed by atoms with E-state index in [1.54, 1.807) is 13.0 Å². The van der Waals surface area contributed by atoms with Gasteiger partial charge in [-0.2, -0.15) is 0 Å². The van der Waals surface area contributed by atoms with Crippen molar-refractivity contribution in [1.82, 2.24) is 4.98 Å². The number of fused-ring (bicyclic) bond motifs is 1. The predicted octanol–water partition coefficient (Wildman–Crippen LogP) is 5.05. The summed E-state index contributed by atoms with van der Waals surface area (Å²) in [6, 6.07) is 7.36. The summed E-state index contributed by atoms with van der Waals surface area (Å²) < 4.78 is 44.9. The van der Waals surface area contributed by atoms with E-state index in [4.69, 9.17) is 4.74 Å². The highest BCUT2D eigenvalue weighted by atomic mass is 19.1. The van der Waals surface area contributed by atoms with Crippen molar-refractivity contribution in [2.24, 2.45) is 0 Å². The van der Waals surface area contributed by atoms with Gasteiger partial charge in [0.15, 0.2) is 17.0 Å². The third-order valence-electron chi connectivity index (χ3n) is 4.53. The highest BCUT2D eigenvalue weighted by Crippen LogP contribution is 2.18. The molecule has 0 radical (unpaired) electrons. The number of rotatable bonds is 7. The fraction of sp³-hybridized carbons (Fsp3) is 0.286. The van der Waals surface area contributed by atoms with Gasteiger partial charge in [-0.25, -0.2) is 13.2 Å². The lowest BCUT2D eigenvalue weighted by Gasteiger charge is -2.09. The highest BCUT2D eigenvalue weighted by Gasteiger charge is 2.09. The van der Waals surface area contributed by atoms with Gasteiger partial charge >= 0.3 is 0 Å². The second kappa shape index (κ2) is 8.29. The Morgan fingerprint density at radius 3 is 2.48 bits per heavy atom. The molecule has 3 aromatic rings. The van der Waals surface area contributed by atoms with Gasteiger partial charge in [0.2, 0.25) is 0 Å². The Morgan fingerprint density at radius 2 is 1.70 bits per heavy atom. The first-order valence-corrected chi connectivity index (χ1v) is 8.84. The van der Waals surface area contributed by atoms with Crippen LogP contribution in [0.1, 0.15) is 30.5 Å². The van der Waals surface area contributed by atoms with Crippen LogP contribution in [-0.2, 0) is 6.42 Å². The van der Waals surface area contributed by atoms with Gasteiger partial charge in [0.05, 0.1) is 6.61 Å². The highest BCUT2D eigenvalue weighted by molar-refractivity contribution is 5.79. The number of pyridine rings is 1. The number of aromatic nitrogens is 1. The summed E-state index contributed by atoms with van der Waals surface area (Å²) in [4.78, 5) is 15.6. The van der Waals surface area contributed by atoms with Crippen molar-refractivity contribution >= 4 is 10.9 Å². The maximum atomic E-state index is 13.5. The molecule has 0 saturated carbocycles. The summed E-state index contributed by atoms with van der Waals surface area (Å²) in [6.07, 6.45) is 3.03. The molecule has 0 aliphatic carbocycles. The lowest BCUT2D eigenvalue weighted by Crippen LogP contribution is -2.12. The number of halogens is 3. The molecular weight excluding hydrogens is 355 g/mol. The molecular formula is C21H20F3NO2. The van der Waals surface area contributed by atoms with E-state index in [0.29, 0.717) is 35.9 Å². The second-order valence-corrected chi connectivity index (χ2v) is 6.48. The molecule has 3 nitrogen and oxygen atoms in total. The minimum absolute atomic E-state index is 0.0401. The molecule has 0 unspecified atom stereocenters. The molecule has 1 N–H and O–H groups in total. The number of benzene rings is 2. The topological polar surface area (TPSA) is 42.1 Å². The average Bonchev–Trinajstić information content (AvgIpc) is 2.64. The SMILES string of the molecule is Cc1c(CCCCCOc2ccc(F)cc2F)[nH]c2ccc(F)cc2c1=O. The van der Waals surface area contributed by atoms with Crippen LogP contribution in [0.15, 0.2) is 41.2 Å². The maximum Gasteiger partial charge on any atom is 0.192 e. The quantitative estimate of drug-likeness (QED) is 0.588. The van der Waals surface area contributed by atoms with E-state index in [1.807, 2.05) is 0 Å². The van der Waals surface area contributed by atoms with E-state index in [0.717, 1.165) is 30.7 Å². The van der Waals surface area contributed by atoms with E-state index in [-0.39, 0.29) is 11.2 Å². The molecule has 1 heterocycles. The van der Waals surface area contributed by atoms with Crippen LogP contribution in [0, 0.1) is 24.4 Å². The molecule has 27 heavy (non-hydrogen) atoms. The minimum Gasteiger partial charge on any atom is -0.491 e. The fourth-order valence-corrected chi connectivity index (χ4v) is 3.01. The first-order valence-electron chi connectivity index (χ1n) is 8.84. The molecule has 0 amide bonds. The monoisotopic (exact) mass is 375 g/mol. The van der Waals surface area contributed by atoms with Crippen molar-refractivity contribution in [1.29, 1.82) is 0 Å². The second-order valence-electron chi connectivity index (χ2n) is 6.48. The Bertz CT molecular complexity index is 1010. The zero-order chi connectivity index (χ0) is 19.4. The van der Waals surface area contributed by atoms with Gasteiger partial charge in [-0.05, 0) is 62.9 Å². The van der Waals surface area contributed by atoms with E-state index in [9.17, 15) is 18.0 Å². The minimum atomic E-state index is -0.712. The molecule has 0 aliphatic rings. The summed E-state index contributed by atoms with van der Waals surface area (Å²) in [6.45, 7) is 2.06. The van der Waals surface area contributed by atoms with Gasteiger partial charge in [-0.15, -0.1) is 0 Å². The van der Waals surface area contributed by atoms with Gasteiger partial charge in [-0.3, -0.25) is 4.79 Å². The molecule has 0 saturated heterocycles. The first-order chi connectivity index (χ1) is 13.0. The normalized spacial score (nSPS) is 11.1. The van der Waals surface area contributed by atoms with Crippen LogP contribution >= 0.6 is 0 Å². The van der Waals surface area contributed by atoms with Crippen LogP contribution < -0.4 is 10.2 Å². The Kier molecular flexibility index (Phi) is 5.84. The van der Waals surface area contributed by atoms with Gasteiger partial charge in [0, 0.05) is 28.2 Å². The average molecular weight is 375 g/mol. The van der Waals surface area contributed by atoms with Crippen molar-refractivity contribution in [3.05, 3.63) is 75.3 Å². The van der Waals surface area contributed by atoms with Crippen LogP contribution in [0.2, 0.25) is 0 Å². The van der Waals surface area contributed by atoms with Crippen molar-refractivity contribution in [2.45, 2.75) is 32.6 Å². The largest absolute Gasteiger partial charge is 0.491 e. The van der Waals surface area contributed by atoms with E-state index < -0.39 is 17.5 Å². The molecule has 0 bridgehead atoms. The first kappa shape index (κ1) is 19.0. The summed E-state index contributed by atoms with van der Waals surface area (Å²) in [5.41, 5.74) is 1.90. The van der Waals surface area contributed by atoms with Crippen molar-refractivity contribution in [2.75, 3.05) is 6.61 Å². The third kappa shape index (κ3) is 4.51. The standard InChI is InChI=1S/C21H20F3NO2/c1-13-18(25-19-8-6-14(22)11-16(19)21(13)26)5-3-2-4-10-27-20-9-7-15(23)12-17(20)24/h6-9,11-12H,2-5,10H2,1H3,(H,25,26). The number of unbranched alkanes of at least 4 members (excludes halogenated alkanes) is 2. The van der Waals surface area contributed by atoms with Crippen molar-refractivity contribution in [3.8, 4) is 5.75 Å². The van der Waals surface area contributed by atoms with Crippen LogP contribution in [0.25, 0.3) is 10.9 Å². The fourth-order valence-electron chi connectivity index (χ4n) is 3.01. The Hall–Kier alpha value is -2.76. The van der Waals surface area contributed by atoms with Gasteiger partial charge in [0.25, 0.3) is 0 Å². The summed E-state index contributed by atoms with van der Waals surface area (Å²) in [5, 5.41) is 0.353. The number of hydrogen-bond donors (Lipinski definition) is 1. The van der Waals surface area contributed by atoms with Gasteiger partial charge in [-0.1, -0.05) is 0 Å². The van der Waals surface area contributed by atoms with Gasteiger partial charge in [0.1, 0.15) is 11.6 Å². The Labute approximate surface area is 154 Å². The maximum absolute atomic E-state index is 13.5. The molecule has 0 atom stereocenters. The lowest BCUT2D eigenvalue weighted by molar-refractivity contribution is 0.290. The zero-order valence-corrected chi connectivity index (χ0v) is 15.0. The third-order valence-corrected chi connectivity index (χ3v) is 4.53. The number of aryl methyl sites for hydroxylation is 1. The van der Waals surface area contributed by atoms with Crippen LogP contribution in [0.4, 0.5) is 13.2 Å². The molecule has 6 heteroatoms. The predicted molar refractivity (Wildman–Crippen MR) is 98.7 cm³/mol. The molecule has 0 aliphatic heterocycles. The summed E-state index contributed by atoms with van der Waals surface area (Å²) in [7, 11) is 0. The van der Waals surface area contributed by atoms with Crippen LogP contribution in [0.5, 0.6) is 5.75 Å². The van der Waals surface area contributed by atoms with E-state index >= 15 is 0 Å². The zero-order valence-electron chi connectivity index (χ0n) is 15.0. The molecule has 3 rings (SSSR count). The Morgan fingerprint density at radius 1 is 0.963 bits per heavy atom. The Balaban J connectivity index is 1.52. The molecule has 0 spiro atoms. The van der Waals surface area contributed by atoms with E-state index in [1.165, 1.54) is 18.2 Å². The van der Waals surface area contributed by atoms with Crippen LogP contribution in [0.3, 0.4) is 0 Å². The number of H-pyrrole nitrogens is 1. The van der Waals surface area contributed by atoms with Gasteiger partial charge < -0.3 is 9.72 Å². The molecule has 142 valence electrons. The molecule has 1 aromatic heterocycles. The summed E-state index contributed by atoms with van der Waals surface area (Å²) >= 11 is 0. The molecule has 0 fully saturated rings. The smallest absolute Gasteiger partial charge is 0.192 e. The number of nitrogens with one attached hydrogen (secondary N) is 1. The molecule has 2 aromatic carbocycles. The summed E-state index contributed by atoms with van der Waals surface area (Å²) in [5.74, 6) is -1.74.